The average molecular weight is 322 g/mol. The second-order valence-corrected chi connectivity index (χ2v) is 6.41. The molecule has 2 amide bonds. The first-order valence-electron chi connectivity index (χ1n) is 8.28. The van der Waals surface area contributed by atoms with Gasteiger partial charge in [0, 0.05) is 37.5 Å². The van der Waals surface area contributed by atoms with Crippen LogP contribution in [0.4, 0.5) is 0 Å². The van der Waals surface area contributed by atoms with Crippen LogP contribution in [0.2, 0.25) is 0 Å². The molecule has 0 unspecified atom stereocenters. The van der Waals surface area contributed by atoms with Crippen molar-refractivity contribution in [3.8, 4) is 0 Å². The Bertz CT molecular complexity index is 727. The second-order valence-electron chi connectivity index (χ2n) is 6.41. The van der Waals surface area contributed by atoms with Crippen molar-refractivity contribution in [1.29, 1.82) is 0 Å². The van der Waals surface area contributed by atoms with Crippen molar-refractivity contribution in [2.24, 2.45) is 5.92 Å². The van der Waals surface area contributed by atoms with E-state index in [9.17, 15) is 9.59 Å². The molecule has 1 N–H and O–H groups in total. The number of amides is 2. The smallest absolute Gasteiger partial charge is 0.251 e. The third kappa shape index (κ3) is 4.02. The number of nitrogens with one attached hydrogen (secondary N) is 1. The molecule has 0 saturated carbocycles. The Labute approximate surface area is 142 Å². The van der Waals surface area contributed by atoms with Crippen LogP contribution in [0.15, 0.2) is 54.6 Å². The molecule has 1 atom stereocenters. The maximum absolute atomic E-state index is 12.2. The average Bonchev–Trinajstić information content (AvgIpc) is 2.93. The topological polar surface area (TPSA) is 49.4 Å². The predicted octanol–water partition coefficient (Wildman–Crippen LogP) is 2.77. The van der Waals surface area contributed by atoms with E-state index in [1.165, 1.54) is 0 Å². The van der Waals surface area contributed by atoms with Crippen LogP contribution < -0.4 is 5.32 Å². The molecule has 0 spiro atoms. The monoisotopic (exact) mass is 322 g/mol. The normalized spacial score (nSPS) is 17.1. The first-order valence-corrected chi connectivity index (χ1v) is 8.28. The molecule has 1 saturated heterocycles. The van der Waals surface area contributed by atoms with E-state index in [1.54, 1.807) is 0 Å². The molecule has 0 bridgehead atoms. The van der Waals surface area contributed by atoms with E-state index in [4.69, 9.17) is 0 Å². The molecule has 2 aromatic rings. The van der Waals surface area contributed by atoms with Crippen LogP contribution in [0.3, 0.4) is 0 Å². The molecule has 124 valence electrons. The highest BCUT2D eigenvalue weighted by Gasteiger charge is 2.29. The van der Waals surface area contributed by atoms with Gasteiger partial charge in [-0.1, -0.05) is 48.0 Å². The van der Waals surface area contributed by atoms with Crippen molar-refractivity contribution in [1.82, 2.24) is 10.2 Å². The number of aryl methyl sites for hydroxylation is 1. The standard InChI is InChI=1S/C20H22N2O2/c1-15-6-5-9-18(10-15)20(24)21-12-17-11-19(23)22(14-17)13-16-7-3-2-4-8-16/h2-10,17H,11-14H2,1H3,(H,21,24)/t17-/m0/s1. The Morgan fingerprint density at radius 2 is 1.96 bits per heavy atom. The number of hydrogen-bond acceptors (Lipinski definition) is 2. The lowest BCUT2D eigenvalue weighted by molar-refractivity contribution is -0.128. The van der Waals surface area contributed by atoms with Crippen LogP contribution in [0, 0.1) is 12.8 Å². The van der Waals surface area contributed by atoms with Gasteiger partial charge in [-0.15, -0.1) is 0 Å². The van der Waals surface area contributed by atoms with Crippen molar-refractivity contribution >= 4 is 11.8 Å². The summed E-state index contributed by atoms with van der Waals surface area (Å²) < 4.78 is 0. The molecule has 3 rings (SSSR count). The summed E-state index contributed by atoms with van der Waals surface area (Å²) in [5, 5.41) is 2.96. The molecule has 1 heterocycles. The summed E-state index contributed by atoms with van der Waals surface area (Å²) in [6, 6.07) is 17.5. The van der Waals surface area contributed by atoms with Gasteiger partial charge in [0.2, 0.25) is 5.91 Å². The summed E-state index contributed by atoms with van der Waals surface area (Å²) in [4.78, 5) is 26.2. The fourth-order valence-corrected chi connectivity index (χ4v) is 3.07. The molecule has 0 aromatic heterocycles. The van der Waals surface area contributed by atoms with Crippen molar-refractivity contribution in [2.45, 2.75) is 19.9 Å². The molecular weight excluding hydrogens is 300 g/mol. The quantitative estimate of drug-likeness (QED) is 0.920. The van der Waals surface area contributed by atoms with Gasteiger partial charge >= 0.3 is 0 Å². The summed E-state index contributed by atoms with van der Waals surface area (Å²) in [5.74, 6) is 0.260. The number of hydrogen-bond donors (Lipinski definition) is 1. The minimum absolute atomic E-state index is 0.0762. The fourth-order valence-electron chi connectivity index (χ4n) is 3.07. The van der Waals surface area contributed by atoms with E-state index >= 15 is 0 Å². The summed E-state index contributed by atoms with van der Waals surface area (Å²) in [5.41, 5.74) is 2.86. The van der Waals surface area contributed by atoms with Gasteiger partial charge in [0.25, 0.3) is 5.91 Å². The predicted molar refractivity (Wildman–Crippen MR) is 93.5 cm³/mol. The second kappa shape index (κ2) is 7.30. The number of rotatable bonds is 5. The Morgan fingerprint density at radius 3 is 2.71 bits per heavy atom. The third-order valence-corrected chi connectivity index (χ3v) is 4.34. The van der Waals surface area contributed by atoms with Gasteiger partial charge in [-0.2, -0.15) is 0 Å². The number of benzene rings is 2. The lowest BCUT2D eigenvalue weighted by Gasteiger charge is -2.17. The molecule has 0 radical (unpaired) electrons. The number of likely N-dealkylation sites (tertiary alicyclic amines) is 1. The van der Waals surface area contributed by atoms with E-state index in [1.807, 2.05) is 66.4 Å². The summed E-state index contributed by atoms with van der Waals surface area (Å²) >= 11 is 0. The summed E-state index contributed by atoms with van der Waals surface area (Å²) in [7, 11) is 0. The molecule has 2 aromatic carbocycles. The first-order chi connectivity index (χ1) is 11.6. The molecular formula is C20H22N2O2. The number of nitrogens with zero attached hydrogens (tertiary/aromatic N) is 1. The van der Waals surface area contributed by atoms with Gasteiger partial charge < -0.3 is 10.2 Å². The largest absolute Gasteiger partial charge is 0.352 e. The van der Waals surface area contributed by atoms with Gasteiger partial charge in [0.15, 0.2) is 0 Å². The lowest BCUT2D eigenvalue weighted by Crippen LogP contribution is -2.31. The van der Waals surface area contributed by atoms with Gasteiger partial charge in [-0.3, -0.25) is 9.59 Å². The Kier molecular flexibility index (Phi) is 4.94. The van der Waals surface area contributed by atoms with Crippen molar-refractivity contribution < 1.29 is 9.59 Å². The van der Waals surface area contributed by atoms with Gasteiger partial charge in [-0.25, -0.2) is 0 Å². The highest BCUT2D eigenvalue weighted by molar-refractivity contribution is 5.94. The Balaban J connectivity index is 1.52. The SMILES string of the molecule is Cc1cccc(C(=O)NC[C@@H]2CC(=O)N(Cc3ccccc3)C2)c1. The van der Waals surface area contributed by atoms with Crippen LogP contribution in [-0.4, -0.2) is 29.8 Å². The van der Waals surface area contributed by atoms with Crippen molar-refractivity contribution in [3.63, 3.8) is 0 Å². The van der Waals surface area contributed by atoms with Crippen molar-refractivity contribution in [3.05, 3.63) is 71.3 Å². The van der Waals surface area contributed by atoms with Crippen LogP contribution in [-0.2, 0) is 11.3 Å². The highest BCUT2D eigenvalue weighted by Crippen LogP contribution is 2.19. The molecule has 4 nitrogen and oxygen atoms in total. The molecule has 0 aliphatic carbocycles. The number of carbonyl (C=O) groups is 2. The van der Waals surface area contributed by atoms with Gasteiger partial charge in [0.05, 0.1) is 0 Å². The zero-order valence-corrected chi connectivity index (χ0v) is 13.9. The van der Waals surface area contributed by atoms with E-state index < -0.39 is 0 Å². The molecule has 24 heavy (non-hydrogen) atoms. The molecule has 1 aliphatic heterocycles. The third-order valence-electron chi connectivity index (χ3n) is 4.34. The maximum atomic E-state index is 12.2. The maximum Gasteiger partial charge on any atom is 0.251 e. The molecule has 1 aliphatic rings. The minimum atomic E-state index is -0.0762. The van der Waals surface area contributed by atoms with Crippen LogP contribution in [0.5, 0.6) is 0 Å². The Morgan fingerprint density at radius 1 is 1.17 bits per heavy atom. The Hall–Kier alpha value is -2.62. The summed E-state index contributed by atoms with van der Waals surface area (Å²) in [6.07, 6.45) is 0.501. The number of carbonyl (C=O) groups excluding carboxylic acids is 2. The van der Waals surface area contributed by atoms with Crippen LogP contribution in [0.1, 0.15) is 27.9 Å². The van der Waals surface area contributed by atoms with E-state index in [-0.39, 0.29) is 17.7 Å². The zero-order chi connectivity index (χ0) is 16.9. The van der Waals surface area contributed by atoms with Crippen LogP contribution in [0.25, 0.3) is 0 Å². The molecule has 4 heteroatoms. The van der Waals surface area contributed by atoms with Crippen LogP contribution >= 0.6 is 0 Å². The minimum Gasteiger partial charge on any atom is -0.352 e. The van der Waals surface area contributed by atoms with E-state index in [0.29, 0.717) is 31.6 Å². The zero-order valence-electron chi connectivity index (χ0n) is 13.9. The first kappa shape index (κ1) is 16.2. The fraction of sp³-hybridized carbons (Fsp3) is 0.300. The summed E-state index contributed by atoms with van der Waals surface area (Å²) in [6.45, 7) is 3.83. The lowest BCUT2D eigenvalue weighted by atomic mass is 10.1. The molecule has 1 fully saturated rings. The van der Waals surface area contributed by atoms with Crippen molar-refractivity contribution in [2.75, 3.05) is 13.1 Å². The van der Waals surface area contributed by atoms with E-state index in [2.05, 4.69) is 5.32 Å². The van der Waals surface area contributed by atoms with Gasteiger partial charge in [0.1, 0.15) is 0 Å². The highest BCUT2D eigenvalue weighted by atomic mass is 16.2. The van der Waals surface area contributed by atoms with Gasteiger partial charge in [-0.05, 0) is 24.6 Å². The van der Waals surface area contributed by atoms with E-state index in [0.717, 1.165) is 11.1 Å².